The summed E-state index contributed by atoms with van der Waals surface area (Å²) in [5, 5.41) is 11.1. The molecule has 4 aromatic rings. The summed E-state index contributed by atoms with van der Waals surface area (Å²) in [4.78, 5) is 11.8. The van der Waals surface area contributed by atoms with Crippen LogP contribution in [0.15, 0.2) is 48.8 Å². The van der Waals surface area contributed by atoms with Crippen molar-refractivity contribution in [2.75, 3.05) is 18.0 Å². The van der Waals surface area contributed by atoms with E-state index in [1.54, 1.807) is 30.3 Å². The molecule has 2 aromatic heterocycles. The molecular weight excluding hydrogens is 568 g/mol. The molecule has 3 heterocycles. The molecule has 0 saturated carbocycles. The van der Waals surface area contributed by atoms with E-state index in [9.17, 15) is 5.11 Å². The summed E-state index contributed by atoms with van der Waals surface area (Å²) in [6.45, 7) is 7.77. The van der Waals surface area contributed by atoms with Crippen molar-refractivity contribution in [1.29, 1.82) is 0 Å². The average molecular weight is 601 g/mol. The SMILES string of the molecule is CC(C)(C)SN[C@H]1c2c(F)cccc2CC12CCN(c1nccn3c(-c4cccc(Cl)c4Cl)nc(CO)c13)CC2. The van der Waals surface area contributed by atoms with Crippen LogP contribution in [0.1, 0.15) is 56.5 Å². The number of fused-ring (bicyclic) bond motifs is 2. The highest BCUT2D eigenvalue weighted by Gasteiger charge is 2.49. The van der Waals surface area contributed by atoms with Crippen LogP contribution in [0.25, 0.3) is 16.9 Å². The lowest BCUT2D eigenvalue weighted by Crippen LogP contribution is -2.45. The molecule has 0 bridgehead atoms. The van der Waals surface area contributed by atoms with Crippen molar-refractivity contribution in [3.05, 3.63) is 81.5 Å². The number of aliphatic hydroxyl groups is 1. The third-order valence-electron chi connectivity index (χ3n) is 8.08. The van der Waals surface area contributed by atoms with Crippen molar-refractivity contribution in [3.63, 3.8) is 0 Å². The second-order valence-electron chi connectivity index (χ2n) is 11.7. The van der Waals surface area contributed by atoms with Gasteiger partial charge in [0.15, 0.2) is 5.82 Å². The summed E-state index contributed by atoms with van der Waals surface area (Å²) in [5.41, 5.74) is 3.80. The van der Waals surface area contributed by atoms with E-state index in [4.69, 9.17) is 33.2 Å². The summed E-state index contributed by atoms with van der Waals surface area (Å²) in [6.07, 6.45) is 6.19. The number of aliphatic hydroxyl groups excluding tert-OH is 1. The first-order valence-corrected chi connectivity index (χ1v) is 15.1. The van der Waals surface area contributed by atoms with Crippen molar-refractivity contribution in [3.8, 4) is 11.4 Å². The summed E-state index contributed by atoms with van der Waals surface area (Å²) >= 11 is 14.5. The Balaban J connectivity index is 1.34. The average Bonchev–Trinajstić information content (AvgIpc) is 3.45. The highest BCUT2D eigenvalue weighted by atomic mass is 35.5. The minimum absolute atomic E-state index is 0.00174. The lowest BCUT2D eigenvalue weighted by molar-refractivity contribution is 0.177. The van der Waals surface area contributed by atoms with Crippen molar-refractivity contribution in [1.82, 2.24) is 19.1 Å². The fourth-order valence-corrected chi connectivity index (χ4v) is 7.42. The molecule has 2 N–H and O–H groups in total. The molecule has 1 atom stereocenters. The molecule has 1 spiro atoms. The fraction of sp³-hybridized carbons (Fsp3) is 0.400. The Morgan fingerprint density at radius 3 is 2.62 bits per heavy atom. The zero-order chi connectivity index (χ0) is 28.2. The first-order valence-electron chi connectivity index (χ1n) is 13.5. The smallest absolute Gasteiger partial charge is 0.154 e. The highest BCUT2D eigenvalue weighted by Crippen LogP contribution is 2.54. The van der Waals surface area contributed by atoms with E-state index in [0.717, 1.165) is 54.8 Å². The van der Waals surface area contributed by atoms with Gasteiger partial charge in [0.1, 0.15) is 17.2 Å². The number of halogens is 3. The maximum atomic E-state index is 15.2. The first kappa shape index (κ1) is 27.8. The molecule has 1 aliphatic heterocycles. The molecule has 0 radical (unpaired) electrons. The number of hydrogen-bond donors (Lipinski definition) is 2. The Hall–Kier alpha value is -2.36. The Morgan fingerprint density at radius 1 is 1.15 bits per heavy atom. The zero-order valence-corrected chi connectivity index (χ0v) is 25.0. The standard InChI is InChI=1S/C30H32Cl2FN5OS/c1-29(2,3)40-36-26-23-18(6-4-9-21(23)33)16-30(26)10-13-37(14-11-30)28-25-22(17-39)35-27(38(25)15-12-34-28)19-7-5-8-20(31)24(19)32/h4-9,12,15,26,36,39H,10-11,13-14,16-17H2,1-3H3/t26-/m0/s1. The summed E-state index contributed by atoms with van der Waals surface area (Å²) < 4.78 is 20.8. The normalized spacial score (nSPS) is 18.6. The van der Waals surface area contributed by atoms with Crippen LogP contribution in [0.2, 0.25) is 10.0 Å². The van der Waals surface area contributed by atoms with E-state index in [1.807, 2.05) is 28.8 Å². The molecule has 40 heavy (non-hydrogen) atoms. The molecule has 2 aromatic carbocycles. The van der Waals surface area contributed by atoms with E-state index in [0.29, 0.717) is 27.1 Å². The fourth-order valence-electron chi connectivity index (χ4n) is 6.20. The van der Waals surface area contributed by atoms with E-state index < -0.39 is 0 Å². The highest BCUT2D eigenvalue weighted by molar-refractivity contribution is 7.98. The van der Waals surface area contributed by atoms with Gasteiger partial charge in [-0.25, -0.2) is 14.4 Å². The third kappa shape index (κ3) is 4.77. The molecular formula is C30H32Cl2FN5OS. The van der Waals surface area contributed by atoms with Gasteiger partial charge in [0.05, 0.1) is 28.4 Å². The van der Waals surface area contributed by atoms with Gasteiger partial charge in [-0.3, -0.25) is 9.12 Å². The first-order chi connectivity index (χ1) is 19.1. The molecule has 0 unspecified atom stereocenters. The van der Waals surface area contributed by atoms with Crippen molar-refractivity contribution in [2.45, 2.75) is 57.4 Å². The summed E-state index contributed by atoms with van der Waals surface area (Å²) in [6, 6.07) is 10.8. The molecule has 1 fully saturated rings. The quantitative estimate of drug-likeness (QED) is 0.235. The van der Waals surface area contributed by atoms with Gasteiger partial charge in [-0.2, -0.15) is 0 Å². The Morgan fingerprint density at radius 2 is 1.90 bits per heavy atom. The third-order valence-corrected chi connectivity index (χ3v) is 9.86. The van der Waals surface area contributed by atoms with Gasteiger partial charge in [-0.15, -0.1) is 0 Å². The number of anilines is 1. The van der Waals surface area contributed by atoms with E-state index in [2.05, 4.69) is 36.5 Å². The molecule has 0 amide bonds. The predicted octanol–water partition coefficient (Wildman–Crippen LogP) is 7.25. The summed E-state index contributed by atoms with van der Waals surface area (Å²) in [5.74, 6) is 1.25. The van der Waals surface area contributed by atoms with Gasteiger partial charge in [0, 0.05) is 41.4 Å². The van der Waals surface area contributed by atoms with Crippen LogP contribution in [0.5, 0.6) is 0 Å². The number of nitrogens with one attached hydrogen (secondary N) is 1. The number of aromatic nitrogens is 3. The monoisotopic (exact) mass is 599 g/mol. The second kappa shape index (κ2) is 10.5. The lowest BCUT2D eigenvalue weighted by atomic mass is 9.73. The molecule has 6 rings (SSSR count). The Labute approximate surface area is 248 Å². The maximum absolute atomic E-state index is 15.2. The van der Waals surface area contributed by atoms with Gasteiger partial charge in [-0.1, -0.05) is 53.3 Å². The largest absolute Gasteiger partial charge is 0.390 e. The van der Waals surface area contributed by atoms with Crippen LogP contribution < -0.4 is 9.62 Å². The predicted molar refractivity (Wildman–Crippen MR) is 162 cm³/mol. The number of rotatable bonds is 5. The van der Waals surface area contributed by atoms with Gasteiger partial charge in [-0.05, 0) is 69.2 Å². The minimum Gasteiger partial charge on any atom is -0.390 e. The molecule has 2 aliphatic rings. The molecule has 1 saturated heterocycles. The van der Waals surface area contributed by atoms with Crippen LogP contribution in [0.3, 0.4) is 0 Å². The van der Waals surface area contributed by atoms with Gasteiger partial charge >= 0.3 is 0 Å². The van der Waals surface area contributed by atoms with Crippen LogP contribution in [0, 0.1) is 11.2 Å². The van der Waals surface area contributed by atoms with Crippen LogP contribution in [-0.4, -0.2) is 37.3 Å². The molecule has 10 heteroatoms. The van der Waals surface area contributed by atoms with Crippen LogP contribution >= 0.6 is 35.1 Å². The lowest BCUT2D eigenvalue weighted by Gasteiger charge is -2.44. The minimum atomic E-state index is -0.233. The molecule has 210 valence electrons. The number of imidazole rings is 1. The van der Waals surface area contributed by atoms with Crippen LogP contribution in [0.4, 0.5) is 10.2 Å². The Kier molecular flexibility index (Phi) is 7.28. The van der Waals surface area contributed by atoms with E-state index in [1.165, 1.54) is 0 Å². The van der Waals surface area contributed by atoms with Crippen molar-refractivity contribution < 1.29 is 9.50 Å². The van der Waals surface area contributed by atoms with Gasteiger partial charge in [0.25, 0.3) is 0 Å². The van der Waals surface area contributed by atoms with Crippen LogP contribution in [-0.2, 0) is 13.0 Å². The van der Waals surface area contributed by atoms with E-state index in [-0.39, 0.29) is 28.6 Å². The van der Waals surface area contributed by atoms with Crippen molar-refractivity contribution >= 4 is 46.5 Å². The van der Waals surface area contributed by atoms with E-state index >= 15 is 4.39 Å². The zero-order valence-electron chi connectivity index (χ0n) is 22.7. The maximum Gasteiger partial charge on any atom is 0.154 e. The second-order valence-corrected chi connectivity index (χ2v) is 14.2. The molecule has 6 nitrogen and oxygen atoms in total. The van der Waals surface area contributed by atoms with Crippen molar-refractivity contribution in [2.24, 2.45) is 5.41 Å². The number of benzene rings is 2. The van der Waals surface area contributed by atoms with Gasteiger partial charge in [0.2, 0.25) is 0 Å². The number of piperidine rings is 1. The van der Waals surface area contributed by atoms with Gasteiger partial charge < -0.3 is 10.0 Å². The number of hydrogen-bond acceptors (Lipinski definition) is 6. The topological polar surface area (TPSA) is 65.7 Å². The number of nitrogens with zero attached hydrogens (tertiary/aromatic N) is 4. The molecule has 1 aliphatic carbocycles. The Bertz CT molecular complexity index is 1580. The summed E-state index contributed by atoms with van der Waals surface area (Å²) in [7, 11) is 0.